The Labute approximate surface area is 104 Å². The Kier molecular flexibility index (Phi) is 6.01. The summed E-state index contributed by atoms with van der Waals surface area (Å²) in [4.78, 5) is 25.3. The van der Waals surface area contributed by atoms with E-state index in [1.165, 1.54) is 12.8 Å². The van der Waals surface area contributed by atoms with Gasteiger partial charge in [-0.1, -0.05) is 39.5 Å². The number of nitrogens with zero attached hydrogens (tertiary/aromatic N) is 1. The summed E-state index contributed by atoms with van der Waals surface area (Å²) in [6.07, 6.45) is 6.23. The highest BCUT2D eigenvalue weighted by Crippen LogP contribution is 2.13. The predicted octanol–water partition coefficient (Wildman–Crippen LogP) is 1.69. The third kappa shape index (κ3) is 4.02. The zero-order valence-electron chi connectivity index (χ0n) is 11.0. The van der Waals surface area contributed by atoms with Gasteiger partial charge in [-0.25, -0.2) is 0 Å². The minimum Gasteiger partial charge on any atom is -0.345 e. The summed E-state index contributed by atoms with van der Waals surface area (Å²) in [5, 5.41) is 2.67. The summed E-state index contributed by atoms with van der Waals surface area (Å²) >= 11 is 0. The van der Waals surface area contributed by atoms with E-state index < -0.39 is 0 Å². The first kappa shape index (κ1) is 14.0. The van der Waals surface area contributed by atoms with E-state index in [0.717, 1.165) is 32.2 Å². The summed E-state index contributed by atoms with van der Waals surface area (Å²) in [6.45, 7) is 5.12. The molecule has 0 aromatic carbocycles. The van der Waals surface area contributed by atoms with Crippen molar-refractivity contribution in [3.05, 3.63) is 0 Å². The fraction of sp³-hybridized carbons (Fsp3) is 0.846. The van der Waals surface area contributed by atoms with Crippen molar-refractivity contribution >= 4 is 11.8 Å². The lowest BCUT2D eigenvalue weighted by Crippen LogP contribution is -2.58. The van der Waals surface area contributed by atoms with Gasteiger partial charge in [0.1, 0.15) is 6.04 Å². The first-order valence-electron chi connectivity index (χ1n) is 6.77. The van der Waals surface area contributed by atoms with Crippen LogP contribution in [0.3, 0.4) is 0 Å². The molecule has 1 aliphatic heterocycles. The van der Waals surface area contributed by atoms with Crippen LogP contribution in [-0.4, -0.2) is 35.8 Å². The maximum absolute atomic E-state index is 11.8. The van der Waals surface area contributed by atoms with E-state index in [1.54, 1.807) is 4.90 Å². The van der Waals surface area contributed by atoms with Gasteiger partial charge in [0.25, 0.3) is 0 Å². The molecule has 98 valence electrons. The fourth-order valence-corrected chi connectivity index (χ4v) is 2.25. The predicted molar refractivity (Wildman–Crippen MR) is 67.6 cm³/mol. The summed E-state index contributed by atoms with van der Waals surface area (Å²) in [5.41, 5.74) is 0. The second kappa shape index (κ2) is 7.30. The normalized spacial score (nSPS) is 20.6. The first-order chi connectivity index (χ1) is 8.20. The van der Waals surface area contributed by atoms with Gasteiger partial charge in [-0.3, -0.25) is 9.59 Å². The maximum atomic E-state index is 11.8. The van der Waals surface area contributed by atoms with Crippen molar-refractivity contribution in [3.8, 4) is 0 Å². The molecule has 17 heavy (non-hydrogen) atoms. The second-order valence-corrected chi connectivity index (χ2v) is 4.67. The summed E-state index contributed by atoms with van der Waals surface area (Å²) in [7, 11) is 0. The lowest BCUT2D eigenvalue weighted by Gasteiger charge is -2.34. The Bertz CT molecular complexity index is 266. The molecule has 1 rings (SSSR count). The highest BCUT2D eigenvalue weighted by molar-refractivity contribution is 5.94. The number of hydrogen-bond acceptors (Lipinski definition) is 2. The lowest BCUT2D eigenvalue weighted by atomic mass is 10.1. The molecule has 2 amide bonds. The van der Waals surface area contributed by atoms with Gasteiger partial charge in [0.2, 0.25) is 11.8 Å². The Hall–Kier alpha value is -1.06. The molecule has 1 N–H and O–H groups in total. The van der Waals surface area contributed by atoms with Crippen LogP contribution in [0.25, 0.3) is 0 Å². The third-order valence-electron chi connectivity index (χ3n) is 3.23. The van der Waals surface area contributed by atoms with Crippen LogP contribution in [0.4, 0.5) is 0 Å². The van der Waals surface area contributed by atoms with E-state index in [4.69, 9.17) is 0 Å². The second-order valence-electron chi connectivity index (χ2n) is 4.67. The highest BCUT2D eigenvalue weighted by Gasteiger charge is 2.32. The van der Waals surface area contributed by atoms with E-state index in [2.05, 4.69) is 12.2 Å². The van der Waals surface area contributed by atoms with Gasteiger partial charge < -0.3 is 10.2 Å². The molecule has 0 aromatic heterocycles. The number of unbranched alkanes of at least 4 members (excludes halogenated alkanes) is 3. The van der Waals surface area contributed by atoms with Crippen LogP contribution in [0.15, 0.2) is 0 Å². The van der Waals surface area contributed by atoms with Crippen LogP contribution >= 0.6 is 0 Å². The van der Waals surface area contributed by atoms with Crippen LogP contribution < -0.4 is 5.32 Å². The number of carbonyl (C=O) groups excluding carboxylic acids is 2. The molecule has 0 spiro atoms. The van der Waals surface area contributed by atoms with Gasteiger partial charge in [0, 0.05) is 6.54 Å². The molecule has 0 radical (unpaired) electrons. The van der Waals surface area contributed by atoms with Gasteiger partial charge in [-0.05, 0) is 12.8 Å². The Balaban J connectivity index is 2.49. The average Bonchev–Trinajstić information content (AvgIpc) is 2.32. The van der Waals surface area contributed by atoms with E-state index in [1.807, 2.05) is 6.92 Å². The Morgan fingerprint density at radius 1 is 1.18 bits per heavy atom. The number of carbonyl (C=O) groups is 2. The molecule has 1 fully saturated rings. The fourth-order valence-electron chi connectivity index (χ4n) is 2.25. The van der Waals surface area contributed by atoms with E-state index >= 15 is 0 Å². The number of piperazine rings is 1. The molecule has 1 heterocycles. The Morgan fingerprint density at radius 2 is 1.94 bits per heavy atom. The largest absolute Gasteiger partial charge is 0.345 e. The average molecular weight is 240 g/mol. The topological polar surface area (TPSA) is 49.4 Å². The van der Waals surface area contributed by atoms with Gasteiger partial charge in [0.05, 0.1) is 6.54 Å². The van der Waals surface area contributed by atoms with Crippen molar-refractivity contribution in [1.82, 2.24) is 10.2 Å². The summed E-state index contributed by atoms with van der Waals surface area (Å²) in [6, 6.07) is -0.233. The molecule has 1 atom stereocenters. The molecule has 1 aliphatic rings. The molecule has 0 aliphatic carbocycles. The number of amides is 2. The summed E-state index contributed by atoms with van der Waals surface area (Å²) in [5.74, 6) is 0.0847. The van der Waals surface area contributed by atoms with Crippen molar-refractivity contribution < 1.29 is 9.59 Å². The van der Waals surface area contributed by atoms with Crippen LogP contribution in [0.2, 0.25) is 0 Å². The molecule has 4 nitrogen and oxygen atoms in total. The van der Waals surface area contributed by atoms with E-state index in [-0.39, 0.29) is 24.4 Å². The molecular weight excluding hydrogens is 216 g/mol. The zero-order chi connectivity index (χ0) is 12.7. The van der Waals surface area contributed by atoms with Crippen molar-refractivity contribution in [2.75, 3.05) is 13.1 Å². The molecule has 0 bridgehead atoms. The van der Waals surface area contributed by atoms with Crippen molar-refractivity contribution in [2.45, 2.75) is 58.4 Å². The quantitative estimate of drug-likeness (QED) is 0.688. The number of rotatable bonds is 7. The Morgan fingerprint density at radius 3 is 2.59 bits per heavy atom. The first-order valence-corrected chi connectivity index (χ1v) is 6.77. The van der Waals surface area contributed by atoms with Crippen LogP contribution in [-0.2, 0) is 9.59 Å². The third-order valence-corrected chi connectivity index (χ3v) is 3.23. The van der Waals surface area contributed by atoms with Crippen LogP contribution in [0.5, 0.6) is 0 Å². The van der Waals surface area contributed by atoms with E-state index in [0.29, 0.717) is 0 Å². The lowest BCUT2D eigenvalue weighted by molar-refractivity contribution is -0.145. The van der Waals surface area contributed by atoms with Crippen molar-refractivity contribution in [3.63, 3.8) is 0 Å². The van der Waals surface area contributed by atoms with Gasteiger partial charge in [-0.2, -0.15) is 0 Å². The highest BCUT2D eigenvalue weighted by atomic mass is 16.2. The van der Waals surface area contributed by atoms with Crippen LogP contribution in [0, 0.1) is 0 Å². The van der Waals surface area contributed by atoms with Crippen molar-refractivity contribution in [2.24, 2.45) is 0 Å². The monoisotopic (exact) mass is 240 g/mol. The molecule has 0 saturated carbocycles. The van der Waals surface area contributed by atoms with Crippen LogP contribution in [0.1, 0.15) is 52.4 Å². The SMILES string of the molecule is CCCCCCN1C(=O)CNC(=O)C1CCC. The van der Waals surface area contributed by atoms with Gasteiger partial charge in [-0.15, -0.1) is 0 Å². The minimum atomic E-state index is -0.233. The number of hydrogen-bond donors (Lipinski definition) is 1. The summed E-state index contributed by atoms with van der Waals surface area (Å²) < 4.78 is 0. The van der Waals surface area contributed by atoms with Gasteiger partial charge in [0.15, 0.2) is 0 Å². The van der Waals surface area contributed by atoms with Crippen molar-refractivity contribution in [1.29, 1.82) is 0 Å². The smallest absolute Gasteiger partial charge is 0.243 e. The minimum absolute atomic E-state index is 0.0157. The maximum Gasteiger partial charge on any atom is 0.243 e. The van der Waals surface area contributed by atoms with E-state index in [9.17, 15) is 9.59 Å². The molecule has 1 unspecified atom stereocenters. The molecule has 4 heteroatoms. The molecular formula is C13H24N2O2. The molecule has 1 saturated heterocycles. The standard InChI is InChI=1S/C13H24N2O2/c1-3-5-6-7-9-15-11(8-4-2)13(17)14-10-12(15)16/h11H,3-10H2,1-2H3,(H,14,17). The zero-order valence-corrected chi connectivity index (χ0v) is 11.0. The number of nitrogens with one attached hydrogen (secondary N) is 1. The van der Waals surface area contributed by atoms with Gasteiger partial charge >= 0.3 is 0 Å². The molecule has 0 aromatic rings.